The maximum Gasteiger partial charge on any atom is 0.224 e. The van der Waals surface area contributed by atoms with E-state index < -0.39 is 0 Å². The molecule has 1 fully saturated rings. The molecule has 0 aliphatic carbocycles. The van der Waals surface area contributed by atoms with Crippen LogP contribution < -0.4 is 5.32 Å². The van der Waals surface area contributed by atoms with Gasteiger partial charge in [0.15, 0.2) is 4.96 Å². The number of hydrogen-bond donors (Lipinski definition) is 1. The van der Waals surface area contributed by atoms with Crippen LogP contribution in [0.3, 0.4) is 0 Å². The number of benzene rings is 1. The maximum atomic E-state index is 5.54. The average molecular weight is 518 g/mol. The third-order valence-corrected chi connectivity index (χ3v) is 7.73. The van der Waals surface area contributed by atoms with Gasteiger partial charge < -0.3 is 14.6 Å². The molecule has 0 bridgehead atoms. The van der Waals surface area contributed by atoms with E-state index in [-0.39, 0.29) is 5.41 Å². The minimum Gasteiger partial charge on any atom is -0.379 e. The molecule has 1 atom stereocenters. The lowest BCUT2D eigenvalue weighted by molar-refractivity contribution is 0.00180. The van der Waals surface area contributed by atoms with E-state index in [1.807, 2.05) is 18.5 Å². The lowest BCUT2D eigenvalue weighted by Gasteiger charge is -2.33. The van der Waals surface area contributed by atoms with Gasteiger partial charge in [0, 0.05) is 54.5 Å². The number of aromatic nitrogens is 5. The summed E-state index contributed by atoms with van der Waals surface area (Å²) in [7, 11) is 0. The van der Waals surface area contributed by atoms with E-state index in [1.54, 1.807) is 11.3 Å². The van der Waals surface area contributed by atoms with Crippen LogP contribution in [0.5, 0.6) is 0 Å². The second-order valence-electron chi connectivity index (χ2n) is 10.6. The highest BCUT2D eigenvalue weighted by molar-refractivity contribution is 7.23. The Morgan fingerprint density at radius 1 is 1.11 bits per heavy atom. The molecule has 0 saturated carbocycles. The number of nitrogens with one attached hydrogen (secondary N) is 1. The first-order valence-electron chi connectivity index (χ1n) is 12.6. The van der Waals surface area contributed by atoms with Crippen LogP contribution in [0.25, 0.3) is 37.8 Å². The van der Waals surface area contributed by atoms with E-state index in [0.717, 1.165) is 76.4 Å². The van der Waals surface area contributed by atoms with Crippen molar-refractivity contribution >= 4 is 32.6 Å². The predicted molar refractivity (Wildman–Crippen MR) is 146 cm³/mol. The fourth-order valence-electron chi connectivity index (χ4n) is 4.50. The van der Waals surface area contributed by atoms with E-state index in [0.29, 0.717) is 12.0 Å². The molecule has 37 heavy (non-hydrogen) atoms. The molecule has 1 N–H and O–H groups in total. The monoisotopic (exact) mass is 517 g/mol. The predicted octanol–water partition coefficient (Wildman–Crippen LogP) is 5.09. The molecule has 4 aromatic heterocycles. The number of hydrogen-bond acceptors (Lipinski definition) is 9. The summed E-state index contributed by atoms with van der Waals surface area (Å²) < 4.78 is 13.1. The second kappa shape index (κ2) is 9.51. The Labute approximate surface area is 219 Å². The normalized spacial score (nSPS) is 17.1. The number of anilines is 1. The van der Waals surface area contributed by atoms with Crippen LogP contribution in [-0.2, 0) is 10.2 Å². The molecule has 5 heterocycles. The number of morpholine rings is 1. The Morgan fingerprint density at radius 2 is 1.89 bits per heavy atom. The van der Waals surface area contributed by atoms with Crippen molar-refractivity contribution in [1.29, 1.82) is 0 Å². The standard InChI is InChI=1S/C27H31N7O2S/c1-17-16-35-12-11-33(17)10-9-28-25-29-14-22-24(31-25)37-26-30-21(15-34(22)26)19-7-5-18(6-8-19)20-13-23(36-32-20)27(2,3)4/h5-8,13-15,17H,9-12,16H2,1-4H3,(H,28,29,31)/t17-/m1/s1. The summed E-state index contributed by atoms with van der Waals surface area (Å²) in [5.41, 5.74) is 4.71. The molecule has 1 aliphatic heterocycles. The van der Waals surface area contributed by atoms with E-state index in [1.165, 1.54) is 0 Å². The van der Waals surface area contributed by atoms with Gasteiger partial charge in [-0.15, -0.1) is 0 Å². The number of ether oxygens (including phenoxy) is 1. The second-order valence-corrected chi connectivity index (χ2v) is 11.5. The van der Waals surface area contributed by atoms with Crippen LogP contribution in [-0.4, -0.2) is 68.3 Å². The number of imidazole rings is 1. The number of nitrogens with zero attached hydrogens (tertiary/aromatic N) is 6. The molecule has 10 heteroatoms. The fraction of sp³-hybridized carbons (Fsp3) is 0.407. The summed E-state index contributed by atoms with van der Waals surface area (Å²) in [6, 6.07) is 10.7. The summed E-state index contributed by atoms with van der Waals surface area (Å²) in [6.45, 7) is 12.8. The minimum atomic E-state index is -0.0711. The van der Waals surface area contributed by atoms with Crippen molar-refractivity contribution in [1.82, 2.24) is 29.4 Å². The van der Waals surface area contributed by atoms with E-state index >= 15 is 0 Å². The Balaban J connectivity index is 1.16. The molecular formula is C27H31N7O2S. The van der Waals surface area contributed by atoms with Gasteiger partial charge in [0.2, 0.25) is 5.95 Å². The molecule has 1 aromatic carbocycles. The van der Waals surface area contributed by atoms with Crippen molar-refractivity contribution in [3.05, 3.63) is 48.5 Å². The number of thiazole rings is 1. The highest BCUT2D eigenvalue weighted by Gasteiger charge is 2.21. The number of rotatable bonds is 6. The maximum absolute atomic E-state index is 5.54. The van der Waals surface area contributed by atoms with Crippen molar-refractivity contribution < 1.29 is 9.26 Å². The zero-order valence-electron chi connectivity index (χ0n) is 21.6. The Bertz CT molecular complexity index is 1530. The zero-order valence-corrected chi connectivity index (χ0v) is 22.4. The van der Waals surface area contributed by atoms with Crippen LogP contribution in [0, 0.1) is 0 Å². The number of fused-ring (bicyclic) bond motifs is 3. The van der Waals surface area contributed by atoms with Gasteiger partial charge in [-0.05, 0) is 6.92 Å². The quantitative estimate of drug-likeness (QED) is 0.333. The SMILES string of the molecule is C[C@@H]1COCCN1CCNc1ncc2c(n1)sc1nc(-c3ccc(-c4cc(C(C)(C)C)on4)cc3)cn12. The molecular weight excluding hydrogens is 486 g/mol. The summed E-state index contributed by atoms with van der Waals surface area (Å²) in [4.78, 5) is 18.4. The first-order valence-corrected chi connectivity index (χ1v) is 13.4. The van der Waals surface area contributed by atoms with Crippen molar-refractivity contribution in [2.75, 3.05) is 38.2 Å². The Hall–Kier alpha value is -3.34. The van der Waals surface area contributed by atoms with Gasteiger partial charge in [0.1, 0.15) is 21.8 Å². The Morgan fingerprint density at radius 3 is 2.62 bits per heavy atom. The summed E-state index contributed by atoms with van der Waals surface area (Å²) >= 11 is 1.57. The van der Waals surface area contributed by atoms with Gasteiger partial charge in [0.05, 0.1) is 25.1 Å². The largest absolute Gasteiger partial charge is 0.379 e. The first-order chi connectivity index (χ1) is 17.8. The van der Waals surface area contributed by atoms with Gasteiger partial charge in [-0.2, -0.15) is 0 Å². The van der Waals surface area contributed by atoms with Crippen LogP contribution in [0.1, 0.15) is 33.5 Å². The van der Waals surface area contributed by atoms with Gasteiger partial charge >= 0.3 is 0 Å². The molecule has 6 rings (SSSR count). The van der Waals surface area contributed by atoms with E-state index in [4.69, 9.17) is 19.2 Å². The summed E-state index contributed by atoms with van der Waals surface area (Å²) in [5.74, 6) is 1.52. The van der Waals surface area contributed by atoms with Gasteiger partial charge in [-0.1, -0.05) is 61.5 Å². The van der Waals surface area contributed by atoms with Crippen LogP contribution >= 0.6 is 11.3 Å². The fourth-order valence-corrected chi connectivity index (χ4v) is 5.45. The molecule has 0 spiro atoms. The molecule has 192 valence electrons. The highest BCUT2D eigenvalue weighted by atomic mass is 32.1. The van der Waals surface area contributed by atoms with Crippen molar-refractivity contribution in [2.24, 2.45) is 0 Å². The third kappa shape index (κ3) is 4.84. The Kier molecular flexibility index (Phi) is 6.18. The molecule has 5 aromatic rings. The van der Waals surface area contributed by atoms with Crippen molar-refractivity contribution in [2.45, 2.75) is 39.2 Å². The molecule has 0 radical (unpaired) electrons. The molecule has 0 unspecified atom stereocenters. The first kappa shape index (κ1) is 24.0. The van der Waals surface area contributed by atoms with Crippen molar-refractivity contribution in [3.63, 3.8) is 0 Å². The molecule has 1 saturated heterocycles. The van der Waals surface area contributed by atoms with Crippen LogP contribution in [0.4, 0.5) is 5.95 Å². The van der Waals surface area contributed by atoms with Crippen molar-refractivity contribution in [3.8, 4) is 22.5 Å². The molecule has 9 nitrogen and oxygen atoms in total. The molecule has 0 amide bonds. The minimum absolute atomic E-state index is 0.0711. The lowest BCUT2D eigenvalue weighted by atomic mass is 9.93. The van der Waals surface area contributed by atoms with E-state index in [9.17, 15) is 0 Å². The zero-order chi connectivity index (χ0) is 25.6. The smallest absolute Gasteiger partial charge is 0.224 e. The van der Waals surface area contributed by atoms with Gasteiger partial charge in [-0.3, -0.25) is 9.30 Å². The molecule has 1 aliphatic rings. The van der Waals surface area contributed by atoms with Gasteiger partial charge in [0.25, 0.3) is 0 Å². The van der Waals surface area contributed by atoms with E-state index in [2.05, 4.69) is 76.7 Å². The lowest BCUT2D eigenvalue weighted by Crippen LogP contribution is -2.45. The topological polar surface area (TPSA) is 93.6 Å². The van der Waals surface area contributed by atoms with Crippen LogP contribution in [0.2, 0.25) is 0 Å². The third-order valence-electron chi connectivity index (χ3n) is 6.77. The summed E-state index contributed by atoms with van der Waals surface area (Å²) in [6.07, 6.45) is 3.92. The summed E-state index contributed by atoms with van der Waals surface area (Å²) in [5, 5.41) is 7.62. The average Bonchev–Trinajstić information content (AvgIpc) is 3.60. The van der Waals surface area contributed by atoms with Crippen LogP contribution in [0.15, 0.2) is 47.2 Å². The highest BCUT2D eigenvalue weighted by Crippen LogP contribution is 2.31. The van der Waals surface area contributed by atoms with Gasteiger partial charge in [-0.25, -0.2) is 15.0 Å².